The largest absolute Gasteiger partial charge is 0.456 e. The number of thiophene rings is 1. The van der Waals surface area contributed by atoms with Gasteiger partial charge in [0.2, 0.25) is 5.91 Å². The first-order chi connectivity index (χ1) is 17.5. The lowest BCUT2D eigenvalue weighted by molar-refractivity contribution is -0.119. The van der Waals surface area contributed by atoms with Gasteiger partial charge in [-0.05, 0) is 61.0 Å². The molecule has 2 N–H and O–H groups in total. The summed E-state index contributed by atoms with van der Waals surface area (Å²) in [6.45, 7) is 1.62. The van der Waals surface area contributed by atoms with Gasteiger partial charge in [-0.1, -0.05) is 30.3 Å². The minimum atomic E-state index is -0.182. The van der Waals surface area contributed by atoms with Crippen LogP contribution in [0.3, 0.4) is 0 Å². The predicted molar refractivity (Wildman–Crippen MR) is 146 cm³/mol. The van der Waals surface area contributed by atoms with Crippen molar-refractivity contribution in [3.05, 3.63) is 83.4 Å². The van der Waals surface area contributed by atoms with Crippen LogP contribution in [0, 0.1) is 0 Å². The van der Waals surface area contributed by atoms with E-state index in [4.69, 9.17) is 17.0 Å². The number of thiocarbonyl (C=S) groups is 1. The monoisotopic (exact) mass is 516 g/mol. The Labute approximate surface area is 218 Å². The van der Waals surface area contributed by atoms with E-state index in [0.29, 0.717) is 16.4 Å². The topological polar surface area (TPSA) is 83.6 Å². The third-order valence-electron chi connectivity index (χ3n) is 5.78. The maximum absolute atomic E-state index is 12.8. The molecule has 0 aliphatic carbocycles. The van der Waals surface area contributed by atoms with Crippen LogP contribution in [0.4, 0.5) is 5.69 Å². The van der Waals surface area contributed by atoms with Gasteiger partial charge in [0.1, 0.15) is 11.5 Å². The number of fused-ring (bicyclic) bond motifs is 1. The molecule has 1 aliphatic heterocycles. The highest BCUT2D eigenvalue weighted by atomic mass is 32.1. The molecule has 1 fully saturated rings. The van der Waals surface area contributed by atoms with Crippen molar-refractivity contribution in [3.63, 3.8) is 0 Å². The molecule has 5 rings (SSSR count). The minimum absolute atomic E-state index is 0.0590. The molecule has 2 aromatic heterocycles. The van der Waals surface area contributed by atoms with Crippen molar-refractivity contribution < 1.29 is 14.3 Å². The number of rotatable bonds is 6. The molecule has 1 aliphatic rings. The summed E-state index contributed by atoms with van der Waals surface area (Å²) in [5.74, 6) is 1.16. The molecule has 7 nitrogen and oxygen atoms in total. The fraction of sp³-hybridized carbons (Fsp3) is 0.185. The number of nitrogens with one attached hydrogen (secondary N) is 2. The third-order valence-corrected chi connectivity index (χ3v) is 7.11. The Kier molecular flexibility index (Phi) is 7.20. The average molecular weight is 517 g/mol. The predicted octanol–water partition coefficient (Wildman–Crippen LogP) is 5.38. The second kappa shape index (κ2) is 10.8. The number of hydrogen-bond donors (Lipinski definition) is 2. The van der Waals surface area contributed by atoms with Gasteiger partial charge >= 0.3 is 0 Å². The number of aromatic nitrogens is 1. The molecular weight excluding hydrogens is 492 g/mol. The van der Waals surface area contributed by atoms with Crippen LogP contribution < -0.4 is 15.4 Å². The van der Waals surface area contributed by atoms with Crippen molar-refractivity contribution in [2.24, 2.45) is 0 Å². The summed E-state index contributed by atoms with van der Waals surface area (Å²) in [4.78, 5) is 32.0. The summed E-state index contributed by atoms with van der Waals surface area (Å²) in [6.07, 6.45) is 4.04. The highest BCUT2D eigenvalue weighted by Crippen LogP contribution is 2.36. The standard InChI is InChI=1S/C27H24N4O3S2/c32-24(16-18-6-2-1-3-7-18)30-27(35)29-19-8-10-20(11-9-19)34-22-12-13-28-21-17-23(36-25(21)22)26(33)31-14-4-5-15-31/h1-3,6-13,17H,4-5,14-16H2,(H2,29,30,32,35). The van der Waals surface area contributed by atoms with Crippen molar-refractivity contribution in [3.8, 4) is 11.5 Å². The molecule has 0 saturated carbocycles. The van der Waals surface area contributed by atoms with E-state index in [1.807, 2.05) is 65.6 Å². The van der Waals surface area contributed by atoms with Crippen LogP contribution in [-0.4, -0.2) is 39.9 Å². The van der Waals surface area contributed by atoms with Gasteiger partial charge in [0.15, 0.2) is 5.11 Å². The quantitative estimate of drug-likeness (QED) is 0.335. The number of carbonyl (C=O) groups is 2. The smallest absolute Gasteiger partial charge is 0.264 e. The molecule has 0 bridgehead atoms. The van der Waals surface area contributed by atoms with E-state index in [-0.39, 0.29) is 23.3 Å². The zero-order chi connectivity index (χ0) is 24.9. The number of pyridine rings is 1. The molecule has 0 radical (unpaired) electrons. The molecule has 0 spiro atoms. The second-order valence-corrected chi connectivity index (χ2v) is 9.88. The summed E-state index contributed by atoms with van der Waals surface area (Å²) >= 11 is 6.68. The Morgan fingerprint density at radius 3 is 2.53 bits per heavy atom. The number of amides is 2. The van der Waals surface area contributed by atoms with Crippen LogP contribution >= 0.6 is 23.6 Å². The Bertz CT molecular complexity index is 1400. The number of ether oxygens (including phenoxy) is 1. The summed E-state index contributed by atoms with van der Waals surface area (Å²) in [7, 11) is 0. The zero-order valence-corrected chi connectivity index (χ0v) is 21.0. The summed E-state index contributed by atoms with van der Waals surface area (Å²) in [6, 6.07) is 20.4. The van der Waals surface area contributed by atoms with Crippen LogP contribution in [-0.2, 0) is 11.2 Å². The first-order valence-corrected chi connectivity index (χ1v) is 12.9. The molecule has 36 heavy (non-hydrogen) atoms. The molecule has 2 amide bonds. The number of nitrogens with zero attached hydrogens (tertiary/aromatic N) is 2. The van der Waals surface area contributed by atoms with Crippen molar-refractivity contribution >= 4 is 56.4 Å². The van der Waals surface area contributed by atoms with Gasteiger partial charge in [0.05, 0.1) is 21.5 Å². The fourth-order valence-corrected chi connectivity index (χ4v) is 5.29. The molecule has 0 atom stereocenters. The zero-order valence-electron chi connectivity index (χ0n) is 19.4. The highest BCUT2D eigenvalue weighted by molar-refractivity contribution is 7.80. The van der Waals surface area contributed by atoms with Crippen molar-refractivity contribution in [2.45, 2.75) is 19.3 Å². The van der Waals surface area contributed by atoms with Gasteiger partial charge in [-0.15, -0.1) is 11.3 Å². The van der Waals surface area contributed by atoms with Gasteiger partial charge in [0.25, 0.3) is 5.91 Å². The first kappa shape index (κ1) is 23.9. The van der Waals surface area contributed by atoms with Crippen molar-refractivity contribution in [1.82, 2.24) is 15.2 Å². The lowest BCUT2D eigenvalue weighted by Gasteiger charge is -2.13. The van der Waals surface area contributed by atoms with Gasteiger partial charge in [-0.3, -0.25) is 14.6 Å². The van der Waals surface area contributed by atoms with Crippen molar-refractivity contribution in [2.75, 3.05) is 18.4 Å². The number of benzene rings is 2. The maximum Gasteiger partial charge on any atom is 0.264 e. The Morgan fingerprint density at radius 2 is 1.78 bits per heavy atom. The van der Waals surface area contributed by atoms with E-state index in [2.05, 4.69) is 15.6 Å². The lowest BCUT2D eigenvalue weighted by Crippen LogP contribution is -2.35. The Morgan fingerprint density at radius 1 is 1.03 bits per heavy atom. The van der Waals surface area contributed by atoms with E-state index in [1.54, 1.807) is 12.3 Å². The maximum atomic E-state index is 12.8. The molecular formula is C27H24N4O3S2. The van der Waals surface area contributed by atoms with Crippen LogP contribution in [0.1, 0.15) is 28.1 Å². The number of carbonyl (C=O) groups excluding carboxylic acids is 2. The van der Waals surface area contributed by atoms with E-state index in [0.717, 1.165) is 47.4 Å². The average Bonchev–Trinajstić information content (AvgIpc) is 3.56. The molecule has 0 unspecified atom stereocenters. The first-order valence-electron chi connectivity index (χ1n) is 11.7. The second-order valence-electron chi connectivity index (χ2n) is 8.42. The molecule has 3 heterocycles. The summed E-state index contributed by atoms with van der Waals surface area (Å²) < 4.78 is 6.95. The van der Waals surface area contributed by atoms with Crippen LogP contribution in [0.2, 0.25) is 0 Å². The number of hydrogen-bond acceptors (Lipinski definition) is 6. The summed E-state index contributed by atoms with van der Waals surface area (Å²) in [5.41, 5.74) is 2.39. The SMILES string of the molecule is O=C(Cc1ccccc1)NC(=S)Nc1ccc(Oc2ccnc3cc(C(=O)N4CCCC4)sc23)cc1. The lowest BCUT2D eigenvalue weighted by atomic mass is 10.1. The fourth-order valence-electron chi connectivity index (χ4n) is 4.02. The van der Waals surface area contributed by atoms with Crippen LogP contribution in [0.15, 0.2) is 72.9 Å². The van der Waals surface area contributed by atoms with Crippen LogP contribution in [0.25, 0.3) is 10.2 Å². The van der Waals surface area contributed by atoms with Crippen LogP contribution in [0.5, 0.6) is 11.5 Å². The van der Waals surface area contributed by atoms with Gasteiger partial charge in [-0.2, -0.15) is 0 Å². The molecule has 4 aromatic rings. The van der Waals surface area contributed by atoms with Gasteiger partial charge in [0, 0.05) is 31.0 Å². The van der Waals surface area contributed by atoms with E-state index in [9.17, 15) is 9.59 Å². The van der Waals surface area contributed by atoms with E-state index < -0.39 is 0 Å². The highest BCUT2D eigenvalue weighted by Gasteiger charge is 2.22. The number of anilines is 1. The Balaban J connectivity index is 1.21. The van der Waals surface area contributed by atoms with E-state index >= 15 is 0 Å². The Hall–Kier alpha value is -3.82. The van der Waals surface area contributed by atoms with Gasteiger partial charge in [-0.25, -0.2) is 0 Å². The third kappa shape index (κ3) is 5.69. The molecule has 182 valence electrons. The normalized spacial score (nSPS) is 12.9. The molecule has 9 heteroatoms. The minimum Gasteiger partial charge on any atom is -0.456 e. The summed E-state index contributed by atoms with van der Waals surface area (Å²) in [5, 5.41) is 5.94. The molecule has 1 saturated heterocycles. The number of likely N-dealkylation sites (tertiary alicyclic amines) is 1. The van der Waals surface area contributed by atoms with Gasteiger partial charge < -0.3 is 20.3 Å². The van der Waals surface area contributed by atoms with E-state index in [1.165, 1.54) is 11.3 Å². The van der Waals surface area contributed by atoms with Crippen molar-refractivity contribution in [1.29, 1.82) is 0 Å². The molecule has 2 aromatic carbocycles.